The molecule has 0 saturated carbocycles. The molecule has 2 aromatic heterocycles. The summed E-state index contributed by atoms with van der Waals surface area (Å²) >= 11 is 0. The van der Waals surface area contributed by atoms with Crippen molar-refractivity contribution in [1.82, 2.24) is 20.2 Å². The minimum Gasteiger partial charge on any atom is -0.373 e. The minimum absolute atomic E-state index is 0.00900. The first-order valence-electron chi connectivity index (χ1n) is 9.05. The first-order valence-corrected chi connectivity index (χ1v) is 9.05. The van der Waals surface area contributed by atoms with E-state index in [0.29, 0.717) is 19.0 Å². The second kappa shape index (κ2) is 8.15. The maximum Gasteiger partial charge on any atom is 0.251 e. The SMILES string of the molecule is CCc1cc(-c2cccc(CNCC3C=CC=CN3C)n2)c(C)[nH]c1=O. The lowest BCUT2D eigenvalue weighted by Gasteiger charge is -2.26. The number of H-pyrrole nitrogens is 1. The predicted molar refractivity (Wildman–Crippen MR) is 106 cm³/mol. The summed E-state index contributed by atoms with van der Waals surface area (Å²) in [5.74, 6) is 0. The molecule has 3 heterocycles. The van der Waals surface area contributed by atoms with Crippen LogP contribution in [0.5, 0.6) is 0 Å². The van der Waals surface area contributed by atoms with Crippen LogP contribution in [0.25, 0.3) is 11.3 Å². The van der Waals surface area contributed by atoms with Gasteiger partial charge in [0.15, 0.2) is 0 Å². The molecule has 0 fully saturated rings. The number of aryl methyl sites for hydroxylation is 2. The van der Waals surface area contributed by atoms with Gasteiger partial charge in [-0.2, -0.15) is 0 Å². The summed E-state index contributed by atoms with van der Waals surface area (Å²) in [5, 5.41) is 3.48. The highest BCUT2D eigenvalue weighted by molar-refractivity contribution is 5.62. The zero-order valence-corrected chi connectivity index (χ0v) is 15.6. The number of allylic oxidation sites excluding steroid dienone is 2. The summed E-state index contributed by atoms with van der Waals surface area (Å²) in [6, 6.07) is 8.36. The van der Waals surface area contributed by atoms with Crippen LogP contribution in [-0.2, 0) is 13.0 Å². The summed E-state index contributed by atoms with van der Waals surface area (Å²) in [4.78, 5) is 21.8. The fourth-order valence-corrected chi connectivity index (χ4v) is 3.11. The van der Waals surface area contributed by atoms with Gasteiger partial charge >= 0.3 is 0 Å². The maximum absolute atomic E-state index is 11.9. The molecule has 0 aliphatic carbocycles. The highest BCUT2D eigenvalue weighted by Gasteiger charge is 2.11. The fourth-order valence-electron chi connectivity index (χ4n) is 3.11. The monoisotopic (exact) mass is 350 g/mol. The molecular formula is C21H26N4O. The molecule has 1 aliphatic rings. The summed E-state index contributed by atoms with van der Waals surface area (Å²) in [7, 11) is 2.08. The number of aromatic nitrogens is 2. The summed E-state index contributed by atoms with van der Waals surface area (Å²) in [6.45, 7) is 5.48. The normalized spacial score (nSPS) is 16.3. The maximum atomic E-state index is 11.9. The van der Waals surface area contributed by atoms with Gasteiger partial charge in [-0.1, -0.05) is 25.1 Å². The predicted octanol–water partition coefficient (Wildman–Crippen LogP) is 2.78. The molecule has 0 spiro atoms. The van der Waals surface area contributed by atoms with Gasteiger partial charge in [-0.25, -0.2) is 0 Å². The van der Waals surface area contributed by atoms with E-state index in [4.69, 9.17) is 4.98 Å². The van der Waals surface area contributed by atoms with Crippen molar-refractivity contribution in [3.05, 3.63) is 76.0 Å². The van der Waals surface area contributed by atoms with Crippen molar-refractivity contribution in [2.45, 2.75) is 32.9 Å². The van der Waals surface area contributed by atoms with Crippen LogP contribution >= 0.6 is 0 Å². The van der Waals surface area contributed by atoms with E-state index in [1.807, 2.05) is 44.2 Å². The van der Waals surface area contributed by atoms with Crippen LogP contribution < -0.4 is 10.9 Å². The number of nitrogens with one attached hydrogen (secondary N) is 2. The van der Waals surface area contributed by atoms with Gasteiger partial charge in [0.1, 0.15) is 0 Å². The third kappa shape index (κ3) is 4.11. The number of hydrogen-bond donors (Lipinski definition) is 2. The highest BCUT2D eigenvalue weighted by Crippen LogP contribution is 2.20. The Morgan fingerprint density at radius 1 is 1.31 bits per heavy atom. The number of aromatic amines is 1. The number of hydrogen-bond acceptors (Lipinski definition) is 4. The minimum atomic E-state index is -0.00900. The zero-order valence-electron chi connectivity index (χ0n) is 15.6. The largest absolute Gasteiger partial charge is 0.373 e. The van der Waals surface area contributed by atoms with Crippen molar-refractivity contribution in [3.63, 3.8) is 0 Å². The molecule has 5 heteroatoms. The zero-order chi connectivity index (χ0) is 18.5. The van der Waals surface area contributed by atoms with Gasteiger partial charge in [0.2, 0.25) is 0 Å². The van der Waals surface area contributed by atoms with Crippen LogP contribution in [0.4, 0.5) is 0 Å². The van der Waals surface area contributed by atoms with Crippen LogP contribution in [-0.4, -0.2) is 34.5 Å². The van der Waals surface area contributed by atoms with Crippen LogP contribution in [0.15, 0.2) is 53.5 Å². The lowest BCUT2D eigenvalue weighted by atomic mass is 10.1. The van der Waals surface area contributed by atoms with Crippen molar-refractivity contribution in [2.24, 2.45) is 0 Å². The summed E-state index contributed by atoms with van der Waals surface area (Å²) in [5.41, 5.74) is 4.50. The molecule has 5 nitrogen and oxygen atoms in total. The molecule has 3 rings (SSSR count). The van der Waals surface area contributed by atoms with Gasteiger partial charge in [0, 0.05) is 37.0 Å². The Bertz CT molecular complexity index is 882. The van der Waals surface area contributed by atoms with Crippen LogP contribution in [0.2, 0.25) is 0 Å². The Morgan fingerprint density at radius 3 is 2.92 bits per heavy atom. The smallest absolute Gasteiger partial charge is 0.251 e. The van der Waals surface area contributed by atoms with Gasteiger partial charge in [0.25, 0.3) is 5.56 Å². The Labute approximate surface area is 154 Å². The third-order valence-electron chi connectivity index (χ3n) is 4.73. The standard InChI is InChI=1S/C21H26N4O/c1-4-16-12-19(15(2)23-21(16)26)20-10-7-8-17(24-20)13-22-14-18-9-5-6-11-25(18)3/h5-12,18,22H,4,13-14H2,1-3H3,(H,23,26). The fraction of sp³-hybridized carbons (Fsp3) is 0.333. The van der Waals surface area contributed by atoms with Crippen molar-refractivity contribution in [2.75, 3.05) is 13.6 Å². The second-order valence-corrected chi connectivity index (χ2v) is 6.62. The van der Waals surface area contributed by atoms with Gasteiger partial charge in [-0.05, 0) is 43.8 Å². The van der Waals surface area contributed by atoms with Crippen molar-refractivity contribution in [1.29, 1.82) is 0 Å². The number of pyridine rings is 2. The highest BCUT2D eigenvalue weighted by atomic mass is 16.1. The number of likely N-dealkylation sites (N-methyl/N-ethyl adjacent to an activating group) is 1. The van der Waals surface area contributed by atoms with Crippen molar-refractivity contribution in [3.8, 4) is 11.3 Å². The molecule has 2 N–H and O–H groups in total. The van der Waals surface area contributed by atoms with Crippen molar-refractivity contribution < 1.29 is 0 Å². The molecule has 0 saturated heterocycles. The lowest BCUT2D eigenvalue weighted by molar-refractivity contribution is 0.362. The number of rotatable bonds is 6. The van der Waals surface area contributed by atoms with Gasteiger partial charge in [0.05, 0.1) is 17.4 Å². The first-order chi connectivity index (χ1) is 12.6. The molecule has 1 unspecified atom stereocenters. The average molecular weight is 350 g/mol. The molecule has 1 atom stereocenters. The average Bonchev–Trinajstić information content (AvgIpc) is 2.64. The van der Waals surface area contributed by atoms with Crippen LogP contribution in [0.3, 0.4) is 0 Å². The first kappa shape index (κ1) is 18.1. The Balaban J connectivity index is 1.72. The Hall–Kier alpha value is -2.66. The molecule has 2 aromatic rings. The molecule has 1 aliphatic heterocycles. The quantitative estimate of drug-likeness (QED) is 0.841. The molecule has 0 amide bonds. The van der Waals surface area contributed by atoms with E-state index >= 15 is 0 Å². The molecule has 0 bridgehead atoms. The van der Waals surface area contributed by atoms with E-state index < -0.39 is 0 Å². The van der Waals surface area contributed by atoms with E-state index in [1.54, 1.807) is 0 Å². The van der Waals surface area contributed by atoms with Gasteiger partial charge in [-0.3, -0.25) is 9.78 Å². The molecule has 0 aromatic carbocycles. The van der Waals surface area contributed by atoms with Gasteiger partial charge in [-0.15, -0.1) is 0 Å². The van der Waals surface area contributed by atoms with Crippen LogP contribution in [0.1, 0.15) is 23.9 Å². The van der Waals surface area contributed by atoms with E-state index in [-0.39, 0.29) is 5.56 Å². The molecule has 136 valence electrons. The number of nitrogens with zero attached hydrogens (tertiary/aromatic N) is 2. The van der Waals surface area contributed by atoms with Crippen molar-refractivity contribution >= 4 is 0 Å². The van der Waals surface area contributed by atoms with Gasteiger partial charge < -0.3 is 15.2 Å². The van der Waals surface area contributed by atoms with E-state index in [1.165, 1.54) is 0 Å². The van der Waals surface area contributed by atoms with Crippen LogP contribution in [0, 0.1) is 6.92 Å². The molecular weight excluding hydrogens is 324 g/mol. The third-order valence-corrected chi connectivity index (χ3v) is 4.73. The molecule has 0 radical (unpaired) electrons. The Morgan fingerprint density at radius 2 is 2.15 bits per heavy atom. The molecule has 26 heavy (non-hydrogen) atoms. The summed E-state index contributed by atoms with van der Waals surface area (Å²) in [6.07, 6.45) is 9.09. The van der Waals surface area contributed by atoms with E-state index in [9.17, 15) is 4.79 Å². The summed E-state index contributed by atoms with van der Waals surface area (Å²) < 4.78 is 0. The second-order valence-electron chi connectivity index (χ2n) is 6.62. The topological polar surface area (TPSA) is 61.0 Å². The lowest BCUT2D eigenvalue weighted by Crippen LogP contribution is -2.36. The van der Waals surface area contributed by atoms with E-state index in [2.05, 4.69) is 40.6 Å². The Kier molecular flexibility index (Phi) is 5.68. The van der Waals surface area contributed by atoms with E-state index in [0.717, 1.165) is 34.8 Å².